The number of hydrogen-bond acceptors (Lipinski definition) is 6. The lowest BCUT2D eigenvalue weighted by Crippen LogP contribution is -2.09. The van der Waals surface area contributed by atoms with E-state index < -0.39 is 0 Å². The van der Waals surface area contributed by atoms with Crippen molar-refractivity contribution in [3.05, 3.63) is 83.4 Å². The number of ether oxygens (including phenoxy) is 2. The summed E-state index contributed by atoms with van der Waals surface area (Å²) in [5, 5.41) is 6.05. The van der Waals surface area contributed by atoms with Crippen LogP contribution in [0.2, 0.25) is 0 Å². The first kappa shape index (κ1) is 21.0. The number of hydrogen-bond donors (Lipinski definition) is 3. The lowest BCUT2D eigenvalue weighted by Gasteiger charge is -2.12. The van der Waals surface area contributed by atoms with E-state index in [0.717, 1.165) is 11.1 Å². The van der Waals surface area contributed by atoms with Gasteiger partial charge in [0, 0.05) is 29.9 Å². The Morgan fingerprint density at radius 1 is 1.00 bits per heavy atom. The van der Waals surface area contributed by atoms with E-state index in [-0.39, 0.29) is 18.5 Å². The van der Waals surface area contributed by atoms with E-state index in [2.05, 4.69) is 10.6 Å². The molecule has 1 heterocycles. The highest BCUT2D eigenvalue weighted by Gasteiger charge is 2.19. The second-order valence-corrected chi connectivity index (χ2v) is 7.31. The third kappa shape index (κ3) is 4.89. The van der Waals surface area contributed by atoms with Gasteiger partial charge in [0.05, 0.1) is 11.4 Å². The molecule has 0 aromatic heterocycles. The van der Waals surface area contributed by atoms with Crippen molar-refractivity contribution in [2.75, 3.05) is 23.2 Å². The van der Waals surface area contributed by atoms with Crippen LogP contribution < -0.4 is 25.8 Å². The third-order valence-electron chi connectivity index (χ3n) is 5.00. The zero-order valence-corrected chi connectivity index (χ0v) is 17.6. The van der Waals surface area contributed by atoms with Crippen LogP contribution in [0.1, 0.15) is 28.4 Å². The number of amides is 1. The minimum Gasteiger partial charge on any atom is -0.454 e. The molecule has 1 aliphatic rings. The van der Waals surface area contributed by atoms with Gasteiger partial charge >= 0.3 is 0 Å². The highest BCUT2D eigenvalue weighted by Crippen LogP contribution is 2.37. The summed E-state index contributed by atoms with van der Waals surface area (Å²) in [4.78, 5) is 24.1. The number of nitrogen functional groups attached to an aromatic ring is 1. The number of nitrogens with one attached hydrogen (secondary N) is 2. The standard InChI is InChI=1S/C25H23N3O4/c1-16(29)19-12-23-24(32-15-31-23)13-22(19)27-14-18-8-6-17(7-9-18)10-11-25(30)28-21-5-3-2-4-20(21)26/h2-13,27H,14-15,26H2,1H3,(H,28,30). The summed E-state index contributed by atoms with van der Waals surface area (Å²) in [5.41, 5.74) is 10.1. The molecule has 0 bridgehead atoms. The molecule has 0 saturated carbocycles. The summed E-state index contributed by atoms with van der Waals surface area (Å²) < 4.78 is 10.8. The second kappa shape index (κ2) is 9.26. The molecule has 0 radical (unpaired) electrons. The van der Waals surface area contributed by atoms with E-state index in [9.17, 15) is 9.59 Å². The Bertz CT molecular complexity index is 1190. The smallest absolute Gasteiger partial charge is 0.248 e. The summed E-state index contributed by atoms with van der Waals surface area (Å²) in [6, 6.07) is 18.3. The van der Waals surface area contributed by atoms with Crippen LogP contribution >= 0.6 is 0 Å². The second-order valence-electron chi connectivity index (χ2n) is 7.31. The molecule has 1 aliphatic heterocycles. The summed E-state index contributed by atoms with van der Waals surface area (Å²) in [7, 11) is 0. The van der Waals surface area contributed by atoms with Crippen LogP contribution in [0.3, 0.4) is 0 Å². The molecule has 7 nitrogen and oxygen atoms in total. The molecule has 0 atom stereocenters. The number of ketones is 1. The fourth-order valence-electron chi connectivity index (χ4n) is 3.28. The summed E-state index contributed by atoms with van der Waals surface area (Å²) in [5.74, 6) is 0.888. The Morgan fingerprint density at radius 3 is 2.44 bits per heavy atom. The van der Waals surface area contributed by atoms with Gasteiger partial charge in [0.2, 0.25) is 12.7 Å². The molecule has 0 unspecified atom stereocenters. The number of nitrogens with two attached hydrogens (primary N) is 1. The molecule has 0 aliphatic carbocycles. The van der Waals surface area contributed by atoms with Crippen molar-refractivity contribution in [3.63, 3.8) is 0 Å². The van der Waals surface area contributed by atoms with Crippen molar-refractivity contribution in [1.82, 2.24) is 0 Å². The van der Waals surface area contributed by atoms with Gasteiger partial charge in [-0.1, -0.05) is 36.4 Å². The van der Waals surface area contributed by atoms with Crippen molar-refractivity contribution >= 4 is 34.8 Å². The molecule has 162 valence electrons. The van der Waals surface area contributed by atoms with E-state index in [1.54, 1.807) is 30.3 Å². The molecule has 3 aromatic rings. The van der Waals surface area contributed by atoms with E-state index in [1.807, 2.05) is 36.4 Å². The van der Waals surface area contributed by atoms with Crippen molar-refractivity contribution in [2.24, 2.45) is 0 Å². The zero-order valence-electron chi connectivity index (χ0n) is 17.6. The van der Waals surface area contributed by atoms with Gasteiger partial charge in [0.25, 0.3) is 0 Å². The van der Waals surface area contributed by atoms with Gasteiger partial charge in [-0.05, 0) is 42.3 Å². The summed E-state index contributed by atoms with van der Waals surface area (Å²) in [6.07, 6.45) is 3.20. The van der Waals surface area contributed by atoms with Gasteiger partial charge in [0.15, 0.2) is 17.3 Å². The highest BCUT2D eigenvalue weighted by atomic mass is 16.7. The van der Waals surface area contributed by atoms with Gasteiger partial charge in [-0.3, -0.25) is 9.59 Å². The van der Waals surface area contributed by atoms with Crippen molar-refractivity contribution in [1.29, 1.82) is 0 Å². The topological polar surface area (TPSA) is 103 Å². The summed E-state index contributed by atoms with van der Waals surface area (Å²) in [6.45, 7) is 2.20. The lowest BCUT2D eigenvalue weighted by atomic mass is 10.1. The Morgan fingerprint density at radius 2 is 1.72 bits per heavy atom. The maximum absolute atomic E-state index is 12.1. The van der Waals surface area contributed by atoms with Crippen LogP contribution in [0.15, 0.2) is 66.7 Å². The van der Waals surface area contributed by atoms with Crippen LogP contribution in [0.5, 0.6) is 11.5 Å². The number of rotatable bonds is 7. The fraction of sp³-hybridized carbons (Fsp3) is 0.120. The van der Waals surface area contributed by atoms with Gasteiger partial charge in [-0.25, -0.2) is 0 Å². The molecule has 0 fully saturated rings. The quantitative estimate of drug-likeness (QED) is 0.291. The molecule has 32 heavy (non-hydrogen) atoms. The number of carbonyl (C=O) groups excluding carboxylic acids is 2. The van der Waals surface area contributed by atoms with E-state index in [4.69, 9.17) is 15.2 Å². The van der Waals surface area contributed by atoms with Crippen LogP contribution in [0.4, 0.5) is 17.1 Å². The van der Waals surface area contributed by atoms with Gasteiger partial charge in [-0.15, -0.1) is 0 Å². The van der Waals surface area contributed by atoms with Crippen molar-refractivity contribution in [3.8, 4) is 11.5 Å². The molecule has 0 saturated heterocycles. The minimum atomic E-state index is -0.256. The predicted molar refractivity (Wildman–Crippen MR) is 125 cm³/mol. The average Bonchev–Trinajstić information content (AvgIpc) is 3.25. The van der Waals surface area contributed by atoms with E-state index >= 15 is 0 Å². The number of carbonyl (C=O) groups is 2. The van der Waals surface area contributed by atoms with E-state index in [0.29, 0.717) is 40.7 Å². The molecule has 7 heteroatoms. The largest absolute Gasteiger partial charge is 0.454 e. The Labute approximate surface area is 185 Å². The monoisotopic (exact) mass is 429 g/mol. The number of benzene rings is 3. The first-order valence-corrected chi connectivity index (χ1v) is 10.1. The van der Waals surface area contributed by atoms with Gasteiger partial charge in [0.1, 0.15) is 0 Å². The van der Waals surface area contributed by atoms with Crippen LogP contribution in [0.25, 0.3) is 6.08 Å². The number of para-hydroxylation sites is 2. The summed E-state index contributed by atoms with van der Waals surface area (Å²) >= 11 is 0. The molecule has 4 N–H and O–H groups in total. The van der Waals surface area contributed by atoms with Crippen molar-refractivity contribution < 1.29 is 19.1 Å². The molecular formula is C25H23N3O4. The van der Waals surface area contributed by atoms with Crippen LogP contribution in [-0.4, -0.2) is 18.5 Å². The number of anilines is 3. The van der Waals surface area contributed by atoms with Gasteiger partial charge in [-0.2, -0.15) is 0 Å². The highest BCUT2D eigenvalue weighted by molar-refractivity contribution is 6.03. The minimum absolute atomic E-state index is 0.0539. The van der Waals surface area contributed by atoms with Gasteiger partial charge < -0.3 is 25.8 Å². The SMILES string of the molecule is CC(=O)c1cc2c(cc1NCc1ccc(C=CC(=O)Nc3ccccc3N)cc1)OCO2. The Balaban J connectivity index is 1.37. The van der Waals surface area contributed by atoms with Crippen LogP contribution in [0, 0.1) is 0 Å². The first-order chi connectivity index (χ1) is 15.5. The zero-order chi connectivity index (χ0) is 22.5. The predicted octanol–water partition coefficient (Wildman–Crippen LogP) is 4.46. The third-order valence-corrected chi connectivity index (χ3v) is 5.00. The number of Topliss-reactive ketones (excluding diaryl/α,β-unsaturated/α-hetero) is 1. The number of fused-ring (bicyclic) bond motifs is 1. The maximum Gasteiger partial charge on any atom is 0.248 e. The van der Waals surface area contributed by atoms with E-state index in [1.165, 1.54) is 13.0 Å². The molecule has 1 amide bonds. The van der Waals surface area contributed by atoms with Crippen LogP contribution in [-0.2, 0) is 11.3 Å². The average molecular weight is 429 g/mol. The molecule has 0 spiro atoms. The maximum atomic E-state index is 12.1. The molecular weight excluding hydrogens is 406 g/mol. The fourth-order valence-corrected chi connectivity index (χ4v) is 3.28. The normalized spacial score (nSPS) is 12.0. The van der Waals surface area contributed by atoms with Crippen molar-refractivity contribution in [2.45, 2.75) is 13.5 Å². The first-order valence-electron chi connectivity index (χ1n) is 10.1. The lowest BCUT2D eigenvalue weighted by molar-refractivity contribution is -0.111. The molecule has 3 aromatic carbocycles. The Hall–Kier alpha value is -4.26. The Kier molecular flexibility index (Phi) is 6.07. The molecule has 4 rings (SSSR count).